The Morgan fingerprint density at radius 2 is 1.89 bits per heavy atom. The molecule has 2 aromatic carbocycles. The van der Waals surface area contributed by atoms with Crippen LogP contribution >= 0.6 is 11.6 Å². The summed E-state index contributed by atoms with van der Waals surface area (Å²) < 4.78 is 5.13. The highest BCUT2D eigenvalue weighted by atomic mass is 35.5. The summed E-state index contributed by atoms with van der Waals surface area (Å²) >= 11 is 6.11. The molecule has 0 saturated carbocycles. The summed E-state index contributed by atoms with van der Waals surface area (Å²) in [6.07, 6.45) is 1.78. The van der Waals surface area contributed by atoms with Crippen LogP contribution in [0.1, 0.15) is 22.5 Å². The number of carbonyl (C=O) groups excluding carboxylic acids is 1. The summed E-state index contributed by atoms with van der Waals surface area (Å²) in [5, 5.41) is 14.5. The van der Waals surface area contributed by atoms with Gasteiger partial charge in [-0.2, -0.15) is 0 Å². The normalized spacial score (nSPS) is 10.4. The van der Waals surface area contributed by atoms with E-state index in [2.05, 4.69) is 33.0 Å². The number of halogens is 1. The molecule has 0 fully saturated rings. The quantitative estimate of drug-likeness (QED) is 0.557. The number of aryl methyl sites for hydroxylation is 1. The van der Waals surface area contributed by atoms with Crippen LogP contribution in [0.2, 0.25) is 5.02 Å². The molecule has 7 heteroatoms. The van der Waals surface area contributed by atoms with Gasteiger partial charge in [0.05, 0.1) is 12.1 Å². The number of carbonyl (C=O) groups is 1. The van der Waals surface area contributed by atoms with Crippen LogP contribution in [0.15, 0.2) is 60.7 Å². The van der Waals surface area contributed by atoms with Crippen molar-refractivity contribution < 1.29 is 9.53 Å². The molecule has 2 N–H and O–H groups in total. The molecule has 0 spiro atoms. The van der Waals surface area contributed by atoms with Crippen LogP contribution in [-0.4, -0.2) is 29.8 Å². The summed E-state index contributed by atoms with van der Waals surface area (Å²) in [5.41, 5.74) is 2.28. The van der Waals surface area contributed by atoms with Crippen molar-refractivity contribution in [2.75, 3.05) is 19.0 Å². The Kier molecular flexibility index (Phi) is 6.81. The molecule has 1 aromatic heterocycles. The van der Waals surface area contributed by atoms with Gasteiger partial charge in [-0.3, -0.25) is 4.79 Å². The average molecular weight is 397 g/mol. The van der Waals surface area contributed by atoms with Crippen LogP contribution in [0, 0.1) is 0 Å². The van der Waals surface area contributed by atoms with E-state index in [4.69, 9.17) is 16.3 Å². The Labute approximate surface area is 168 Å². The fourth-order valence-corrected chi connectivity index (χ4v) is 2.90. The van der Waals surface area contributed by atoms with Gasteiger partial charge >= 0.3 is 0 Å². The number of benzene rings is 2. The molecular weight excluding hydrogens is 376 g/mol. The van der Waals surface area contributed by atoms with Gasteiger partial charge in [0.15, 0.2) is 11.5 Å². The average Bonchev–Trinajstić information content (AvgIpc) is 2.72. The molecule has 0 saturated heterocycles. The van der Waals surface area contributed by atoms with Crippen molar-refractivity contribution in [2.24, 2.45) is 0 Å². The van der Waals surface area contributed by atoms with Gasteiger partial charge < -0.3 is 15.4 Å². The summed E-state index contributed by atoms with van der Waals surface area (Å²) in [7, 11) is 1.56. The van der Waals surface area contributed by atoms with Crippen molar-refractivity contribution in [1.82, 2.24) is 15.5 Å². The third-order valence-corrected chi connectivity index (χ3v) is 4.39. The van der Waals surface area contributed by atoms with Crippen molar-refractivity contribution in [2.45, 2.75) is 12.8 Å². The van der Waals surface area contributed by atoms with Gasteiger partial charge in [0, 0.05) is 12.2 Å². The SMILES string of the molecule is COc1ccc(Nc2ccc(C(=O)NCCCc3ccccc3)nn2)cc1Cl. The molecule has 0 aliphatic heterocycles. The number of methoxy groups -OCH3 is 1. The monoisotopic (exact) mass is 396 g/mol. The lowest BCUT2D eigenvalue weighted by molar-refractivity contribution is 0.0947. The number of amides is 1. The minimum absolute atomic E-state index is 0.236. The molecule has 0 bridgehead atoms. The van der Waals surface area contributed by atoms with Gasteiger partial charge in [-0.25, -0.2) is 0 Å². The van der Waals surface area contributed by atoms with E-state index < -0.39 is 0 Å². The Morgan fingerprint density at radius 1 is 1.07 bits per heavy atom. The number of rotatable bonds is 8. The molecular formula is C21H21ClN4O2. The molecule has 28 heavy (non-hydrogen) atoms. The van der Waals surface area contributed by atoms with Gasteiger partial charge in [-0.1, -0.05) is 41.9 Å². The minimum atomic E-state index is -0.236. The maximum atomic E-state index is 12.2. The summed E-state index contributed by atoms with van der Waals surface area (Å²) in [6, 6.07) is 18.8. The van der Waals surface area contributed by atoms with Crippen molar-refractivity contribution in [3.8, 4) is 5.75 Å². The Morgan fingerprint density at radius 3 is 2.57 bits per heavy atom. The topological polar surface area (TPSA) is 76.1 Å². The van der Waals surface area contributed by atoms with Crippen molar-refractivity contribution in [3.63, 3.8) is 0 Å². The first-order valence-corrected chi connectivity index (χ1v) is 9.30. The molecule has 6 nitrogen and oxygen atoms in total. The summed E-state index contributed by atoms with van der Waals surface area (Å²) in [5.74, 6) is 0.874. The Hall–Kier alpha value is -3.12. The van der Waals surface area contributed by atoms with E-state index in [0.717, 1.165) is 18.5 Å². The van der Waals surface area contributed by atoms with Gasteiger partial charge in [-0.05, 0) is 48.7 Å². The van der Waals surface area contributed by atoms with E-state index in [0.29, 0.717) is 23.1 Å². The highest BCUT2D eigenvalue weighted by molar-refractivity contribution is 6.32. The highest BCUT2D eigenvalue weighted by Gasteiger charge is 2.08. The lowest BCUT2D eigenvalue weighted by Crippen LogP contribution is -2.26. The van der Waals surface area contributed by atoms with Gasteiger partial charge in [-0.15, -0.1) is 10.2 Å². The number of aromatic nitrogens is 2. The van der Waals surface area contributed by atoms with Gasteiger partial charge in [0.1, 0.15) is 5.75 Å². The first-order valence-electron chi connectivity index (χ1n) is 8.92. The zero-order valence-electron chi connectivity index (χ0n) is 15.5. The van der Waals surface area contributed by atoms with Crippen molar-refractivity contribution in [1.29, 1.82) is 0 Å². The first kappa shape index (κ1) is 19.6. The molecule has 144 valence electrons. The van der Waals surface area contributed by atoms with Crippen molar-refractivity contribution >= 4 is 29.0 Å². The van der Waals surface area contributed by atoms with E-state index in [1.807, 2.05) is 24.3 Å². The predicted octanol–water partition coefficient (Wildman–Crippen LogP) is 4.24. The van der Waals surface area contributed by atoms with Gasteiger partial charge in [0.2, 0.25) is 0 Å². The third-order valence-electron chi connectivity index (χ3n) is 4.09. The molecule has 0 radical (unpaired) electrons. The van der Waals surface area contributed by atoms with Gasteiger partial charge in [0.25, 0.3) is 5.91 Å². The standard InChI is InChI=1S/C21H21ClN4O2/c1-28-19-11-9-16(14-17(19)22)24-20-12-10-18(25-26-20)21(27)23-13-5-8-15-6-3-2-4-7-15/h2-4,6-7,9-12,14H,5,8,13H2,1H3,(H,23,27)(H,24,26). The Bertz CT molecular complexity index is 917. The maximum Gasteiger partial charge on any atom is 0.271 e. The molecule has 0 aliphatic carbocycles. The first-order chi connectivity index (χ1) is 13.7. The number of hydrogen-bond acceptors (Lipinski definition) is 5. The smallest absolute Gasteiger partial charge is 0.271 e. The molecule has 0 unspecified atom stereocenters. The van der Waals surface area contributed by atoms with E-state index >= 15 is 0 Å². The number of nitrogens with zero attached hydrogens (tertiary/aromatic N) is 2. The van der Waals surface area contributed by atoms with Crippen LogP contribution < -0.4 is 15.4 Å². The van der Waals surface area contributed by atoms with E-state index in [1.54, 1.807) is 31.4 Å². The number of anilines is 2. The third kappa shape index (κ3) is 5.44. The zero-order valence-corrected chi connectivity index (χ0v) is 16.2. The molecule has 1 amide bonds. The predicted molar refractivity (Wildman–Crippen MR) is 110 cm³/mol. The Balaban J connectivity index is 1.49. The largest absolute Gasteiger partial charge is 0.495 e. The second kappa shape index (κ2) is 9.71. The zero-order chi connectivity index (χ0) is 19.8. The number of ether oxygens (including phenoxy) is 1. The molecule has 3 rings (SSSR count). The minimum Gasteiger partial charge on any atom is -0.495 e. The lowest BCUT2D eigenvalue weighted by atomic mass is 10.1. The summed E-state index contributed by atoms with van der Waals surface area (Å²) in [6.45, 7) is 0.583. The highest BCUT2D eigenvalue weighted by Crippen LogP contribution is 2.28. The second-order valence-electron chi connectivity index (χ2n) is 6.12. The molecule has 3 aromatic rings. The van der Waals surface area contributed by atoms with Crippen LogP contribution in [0.5, 0.6) is 5.75 Å². The number of hydrogen-bond donors (Lipinski definition) is 2. The van der Waals surface area contributed by atoms with Crippen LogP contribution in [0.25, 0.3) is 0 Å². The van der Waals surface area contributed by atoms with Crippen LogP contribution in [0.4, 0.5) is 11.5 Å². The molecule has 0 atom stereocenters. The molecule has 1 heterocycles. The fourth-order valence-electron chi connectivity index (χ4n) is 2.64. The van der Waals surface area contributed by atoms with Crippen LogP contribution in [0.3, 0.4) is 0 Å². The number of nitrogens with one attached hydrogen (secondary N) is 2. The summed E-state index contributed by atoms with van der Waals surface area (Å²) in [4.78, 5) is 12.2. The maximum absolute atomic E-state index is 12.2. The molecule has 0 aliphatic rings. The lowest BCUT2D eigenvalue weighted by Gasteiger charge is -2.08. The van der Waals surface area contributed by atoms with Crippen molar-refractivity contribution in [3.05, 3.63) is 76.9 Å². The second-order valence-corrected chi connectivity index (χ2v) is 6.53. The van der Waals surface area contributed by atoms with E-state index in [-0.39, 0.29) is 11.6 Å². The van der Waals surface area contributed by atoms with E-state index in [1.165, 1.54) is 5.56 Å². The van der Waals surface area contributed by atoms with E-state index in [9.17, 15) is 4.79 Å². The van der Waals surface area contributed by atoms with Crippen LogP contribution in [-0.2, 0) is 6.42 Å². The fraction of sp³-hybridized carbons (Fsp3) is 0.190.